The largest absolute Gasteiger partial charge is 0.467 e. The molecular weight excluding hydrogens is 494 g/mol. The molecule has 0 radical (unpaired) electrons. The number of thiazole rings is 1. The van der Waals surface area contributed by atoms with Gasteiger partial charge in [-0.1, -0.05) is 30.7 Å². The third kappa shape index (κ3) is 4.83. The highest BCUT2D eigenvalue weighted by Crippen LogP contribution is 2.32. The minimum atomic E-state index is -3.61. The second kappa shape index (κ2) is 10.2. The number of sulfonamides is 1. The first kappa shape index (κ1) is 24.7. The zero-order valence-electron chi connectivity index (χ0n) is 20.4. The Morgan fingerprint density at radius 2 is 1.97 bits per heavy atom. The Labute approximate surface area is 215 Å². The van der Waals surface area contributed by atoms with E-state index in [2.05, 4.69) is 13.0 Å². The molecule has 2 aromatic heterocycles. The number of benzene rings is 2. The summed E-state index contributed by atoms with van der Waals surface area (Å²) in [5.74, 6) is 0.367. The molecule has 4 aromatic rings. The lowest BCUT2D eigenvalue weighted by molar-refractivity contribution is 0.0983. The smallest absolute Gasteiger partial charge is 0.260 e. The summed E-state index contributed by atoms with van der Waals surface area (Å²) >= 11 is 1.46. The van der Waals surface area contributed by atoms with Gasteiger partial charge in [0, 0.05) is 18.2 Å². The van der Waals surface area contributed by atoms with Crippen molar-refractivity contribution in [2.75, 3.05) is 11.4 Å². The van der Waals surface area contributed by atoms with Gasteiger partial charge in [0.25, 0.3) is 5.91 Å². The second-order valence-electron chi connectivity index (χ2n) is 9.11. The summed E-state index contributed by atoms with van der Waals surface area (Å²) in [6.45, 7) is 4.80. The van der Waals surface area contributed by atoms with Gasteiger partial charge in [-0.15, -0.1) is 0 Å². The molecule has 0 saturated carbocycles. The summed E-state index contributed by atoms with van der Waals surface area (Å²) in [6, 6.07) is 15.9. The van der Waals surface area contributed by atoms with Gasteiger partial charge in [0.2, 0.25) is 10.0 Å². The SMILES string of the molecule is CCc1ccc2nc(N(Cc3ccco3)C(=O)c3ccc(S(=O)(=O)N4CCCCC4C)cc3)sc2c1. The molecule has 1 aliphatic rings. The van der Waals surface area contributed by atoms with Crippen LogP contribution in [-0.4, -0.2) is 36.2 Å². The lowest BCUT2D eigenvalue weighted by atomic mass is 10.1. The quantitative estimate of drug-likeness (QED) is 0.303. The molecule has 188 valence electrons. The molecule has 3 heterocycles. The normalized spacial score (nSPS) is 16.9. The lowest BCUT2D eigenvalue weighted by Crippen LogP contribution is -2.41. The van der Waals surface area contributed by atoms with Crippen molar-refractivity contribution < 1.29 is 17.6 Å². The Morgan fingerprint density at radius 3 is 2.67 bits per heavy atom. The number of carbonyl (C=O) groups excluding carboxylic acids is 1. The number of hydrogen-bond acceptors (Lipinski definition) is 6. The Balaban J connectivity index is 1.46. The summed E-state index contributed by atoms with van der Waals surface area (Å²) in [7, 11) is -3.61. The average Bonchev–Trinajstić information content (AvgIpc) is 3.56. The van der Waals surface area contributed by atoms with Gasteiger partial charge in [0.15, 0.2) is 5.13 Å². The number of carbonyl (C=O) groups is 1. The highest BCUT2D eigenvalue weighted by Gasteiger charge is 2.31. The molecule has 1 fully saturated rings. The molecule has 9 heteroatoms. The third-order valence-electron chi connectivity index (χ3n) is 6.67. The van der Waals surface area contributed by atoms with Crippen LogP contribution >= 0.6 is 11.3 Å². The van der Waals surface area contributed by atoms with Crippen molar-refractivity contribution in [3.63, 3.8) is 0 Å². The number of hydrogen-bond donors (Lipinski definition) is 0. The maximum absolute atomic E-state index is 13.7. The minimum absolute atomic E-state index is 0.0268. The van der Waals surface area contributed by atoms with E-state index < -0.39 is 10.0 Å². The van der Waals surface area contributed by atoms with Gasteiger partial charge >= 0.3 is 0 Å². The Hall–Kier alpha value is -3.01. The third-order valence-corrected chi connectivity index (χ3v) is 9.74. The van der Waals surface area contributed by atoms with Crippen LogP contribution in [0.3, 0.4) is 0 Å². The molecule has 2 aromatic carbocycles. The van der Waals surface area contributed by atoms with Gasteiger partial charge in [-0.25, -0.2) is 13.4 Å². The van der Waals surface area contributed by atoms with Crippen molar-refractivity contribution in [1.82, 2.24) is 9.29 Å². The topological polar surface area (TPSA) is 83.7 Å². The number of aryl methyl sites for hydroxylation is 1. The van der Waals surface area contributed by atoms with Crippen LogP contribution in [0.15, 0.2) is 70.2 Å². The molecule has 0 aliphatic carbocycles. The number of rotatable bonds is 7. The second-order valence-corrected chi connectivity index (χ2v) is 12.0. The lowest BCUT2D eigenvalue weighted by Gasteiger charge is -2.32. The highest BCUT2D eigenvalue weighted by molar-refractivity contribution is 7.89. The fourth-order valence-corrected chi connectivity index (χ4v) is 7.29. The molecular formula is C27H29N3O4S2. The maximum atomic E-state index is 13.7. The molecule has 1 saturated heterocycles. The van der Waals surface area contributed by atoms with Crippen molar-refractivity contribution in [3.8, 4) is 0 Å². The fraction of sp³-hybridized carbons (Fsp3) is 0.333. The molecule has 5 rings (SSSR count). The van der Waals surface area contributed by atoms with Crippen LogP contribution in [-0.2, 0) is 23.0 Å². The van der Waals surface area contributed by atoms with Crippen LogP contribution in [0.4, 0.5) is 5.13 Å². The van der Waals surface area contributed by atoms with E-state index in [4.69, 9.17) is 9.40 Å². The molecule has 0 spiro atoms. The van der Waals surface area contributed by atoms with E-state index >= 15 is 0 Å². The van der Waals surface area contributed by atoms with Crippen LogP contribution < -0.4 is 4.90 Å². The van der Waals surface area contributed by atoms with Gasteiger partial charge in [-0.3, -0.25) is 9.69 Å². The highest BCUT2D eigenvalue weighted by atomic mass is 32.2. The van der Waals surface area contributed by atoms with Crippen LogP contribution in [0.5, 0.6) is 0 Å². The first-order valence-electron chi connectivity index (χ1n) is 12.2. The fourth-order valence-electron chi connectivity index (χ4n) is 4.57. The first-order valence-corrected chi connectivity index (χ1v) is 14.5. The summed E-state index contributed by atoms with van der Waals surface area (Å²) in [4.78, 5) is 20.2. The molecule has 36 heavy (non-hydrogen) atoms. The Kier molecular flexibility index (Phi) is 6.96. The molecule has 7 nitrogen and oxygen atoms in total. The van der Waals surface area contributed by atoms with E-state index in [-0.39, 0.29) is 23.4 Å². The van der Waals surface area contributed by atoms with Crippen molar-refractivity contribution in [2.24, 2.45) is 0 Å². The van der Waals surface area contributed by atoms with Gasteiger partial charge in [-0.2, -0.15) is 4.31 Å². The van der Waals surface area contributed by atoms with Crippen LogP contribution in [0.1, 0.15) is 54.8 Å². The van der Waals surface area contributed by atoms with Gasteiger partial charge < -0.3 is 4.42 Å². The molecule has 1 unspecified atom stereocenters. The predicted octanol–water partition coefficient (Wildman–Crippen LogP) is 5.86. The van der Waals surface area contributed by atoms with Crippen molar-refractivity contribution in [2.45, 2.75) is 57.0 Å². The number of fused-ring (bicyclic) bond motifs is 1. The van der Waals surface area contributed by atoms with E-state index in [1.54, 1.807) is 33.7 Å². The predicted molar refractivity (Wildman–Crippen MR) is 142 cm³/mol. The van der Waals surface area contributed by atoms with Crippen molar-refractivity contribution >= 4 is 42.6 Å². The van der Waals surface area contributed by atoms with E-state index in [0.29, 0.717) is 23.0 Å². The molecule has 1 aliphatic heterocycles. The molecule has 0 bridgehead atoms. The summed E-state index contributed by atoms with van der Waals surface area (Å²) in [6.07, 6.45) is 5.26. The summed E-state index contributed by atoms with van der Waals surface area (Å²) in [5.41, 5.74) is 2.43. The number of aromatic nitrogens is 1. The monoisotopic (exact) mass is 523 g/mol. The Bertz CT molecular complexity index is 1460. The van der Waals surface area contributed by atoms with Crippen LogP contribution in [0.25, 0.3) is 10.2 Å². The number of amides is 1. The van der Waals surface area contributed by atoms with E-state index in [9.17, 15) is 13.2 Å². The van der Waals surface area contributed by atoms with E-state index in [1.165, 1.54) is 29.0 Å². The minimum Gasteiger partial charge on any atom is -0.467 e. The summed E-state index contributed by atoms with van der Waals surface area (Å²) in [5, 5.41) is 0.568. The average molecular weight is 524 g/mol. The van der Waals surface area contributed by atoms with Gasteiger partial charge in [0.05, 0.1) is 27.9 Å². The Morgan fingerprint density at radius 1 is 1.17 bits per heavy atom. The van der Waals surface area contributed by atoms with E-state index in [0.717, 1.165) is 35.9 Å². The number of nitrogens with zero attached hydrogens (tertiary/aromatic N) is 3. The van der Waals surface area contributed by atoms with Gasteiger partial charge in [0.1, 0.15) is 5.76 Å². The number of furan rings is 1. The molecule has 1 atom stereocenters. The van der Waals surface area contributed by atoms with Crippen LogP contribution in [0, 0.1) is 0 Å². The molecule has 1 amide bonds. The number of anilines is 1. The van der Waals surface area contributed by atoms with Crippen LogP contribution in [0.2, 0.25) is 0 Å². The van der Waals surface area contributed by atoms with Crippen molar-refractivity contribution in [3.05, 3.63) is 77.7 Å². The van der Waals surface area contributed by atoms with Crippen molar-refractivity contribution in [1.29, 1.82) is 0 Å². The maximum Gasteiger partial charge on any atom is 0.260 e. The zero-order chi connectivity index (χ0) is 25.3. The van der Waals surface area contributed by atoms with E-state index in [1.807, 2.05) is 25.1 Å². The summed E-state index contributed by atoms with van der Waals surface area (Å²) < 4.78 is 34.5. The molecule has 0 N–H and O–H groups in total. The number of piperidine rings is 1. The first-order chi connectivity index (χ1) is 17.4. The van der Waals surface area contributed by atoms with Gasteiger partial charge in [-0.05, 0) is 80.3 Å². The standard InChI is InChI=1S/C27H29N3O4S2/c1-3-20-9-14-24-25(17-20)35-27(28-24)29(18-22-8-6-16-34-22)26(31)21-10-12-23(13-11-21)36(32,33)30-15-5-4-7-19(30)2/h6,8-14,16-17,19H,3-5,7,15,18H2,1-2H3. The zero-order valence-corrected chi connectivity index (χ0v) is 22.0.